The van der Waals surface area contributed by atoms with E-state index in [1.165, 1.54) is 19.3 Å². The van der Waals surface area contributed by atoms with Gasteiger partial charge in [0.25, 0.3) is 0 Å². The zero-order chi connectivity index (χ0) is 11.4. The van der Waals surface area contributed by atoms with Gasteiger partial charge in [0.05, 0.1) is 0 Å². The molecule has 0 aliphatic carbocycles. The lowest BCUT2D eigenvalue weighted by Gasteiger charge is -2.26. The molecule has 0 aromatic carbocycles. The van der Waals surface area contributed by atoms with Crippen LogP contribution in [0.1, 0.15) is 37.7 Å². The second-order valence-electron chi connectivity index (χ2n) is 4.50. The minimum absolute atomic E-state index is 0.343. The monoisotopic (exact) mass is 220 g/mol. The Morgan fingerprint density at radius 1 is 1.25 bits per heavy atom. The number of anilines is 1. The second-order valence-corrected chi connectivity index (χ2v) is 4.50. The minimum atomic E-state index is 0.343. The molecule has 1 aliphatic heterocycles. The molecule has 1 aromatic rings. The molecule has 16 heavy (non-hydrogen) atoms. The molecule has 1 aromatic heterocycles. The molecule has 4 nitrogen and oxygen atoms in total. The molecule has 1 aliphatic rings. The van der Waals surface area contributed by atoms with Crippen LogP contribution in [0.15, 0.2) is 12.4 Å². The van der Waals surface area contributed by atoms with Gasteiger partial charge < -0.3 is 10.6 Å². The molecular weight excluding hydrogens is 200 g/mol. The molecule has 88 valence electrons. The summed E-state index contributed by atoms with van der Waals surface area (Å²) in [5, 5.41) is 0. The molecule has 1 fully saturated rings. The first-order valence-electron chi connectivity index (χ1n) is 6.08. The van der Waals surface area contributed by atoms with Crippen LogP contribution >= 0.6 is 0 Å². The fraction of sp³-hybridized carbons (Fsp3) is 0.667. The lowest BCUT2D eigenvalue weighted by atomic mass is 10.1. The van der Waals surface area contributed by atoms with Crippen molar-refractivity contribution in [1.29, 1.82) is 0 Å². The fourth-order valence-corrected chi connectivity index (χ4v) is 1.98. The van der Waals surface area contributed by atoms with Crippen LogP contribution in [-0.4, -0.2) is 29.6 Å². The number of hydrogen-bond donors (Lipinski definition) is 1. The van der Waals surface area contributed by atoms with Gasteiger partial charge in [0, 0.05) is 25.5 Å². The van der Waals surface area contributed by atoms with Crippen molar-refractivity contribution in [2.75, 3.05) is 24.5 Å². The molecule has 2 rings (SSSR count). The summed E-state index contributed by atoms with van der Waals surface area (Å²) in [4.78, 5) is 11.1. The summed E-state index contributed by atoms with van der Waals surface area (Å²) < 4.78 is 0. The Morgan fingerprint density at radius 2 is 1.88 bits per heavy atom. The van der Waals surface area contributed by atoms with Crippen molar-refractivity contribution >= 4 is 5.95 Å². The van der Waals surface area contributed by atoms with Crippen molar-refractivity contribution in [2.45, 2.75) is 32.1 Å². The summed E-state index contributed by atoms with van der Waals surface area (Å²) in [6.45, 7) is 4.92. The van der Waals surface area contributed by atoms with E-state index < -0.39 is 0 Å². The summed E-state index contributed by atoms with van der Waals surface area (Å²) in [5.41, 5.74) is 6.75. The third-order valence-electron chi connectivity index (χ3n) is 3.22. The molecule has 1 atom stereocenters. The molecule has 0 amide bonds. The predicted octanol–water partition coefficient (Wildman–Crippen LogP) is 1.53. The summed E-state index contributed by atoms with van der Waals surface area (Å²) in [5.74, 6) is 1.21. The first-order valence-corrected chi connectivity index (χ1v) is 6.08. The van der Waals surface area contributed by atoms with Gasteiger partial charge in [-0.05, 0) is 37.3 Å². The van der Waals surface area contributed by atoms with E-state index in [-0.39, 0.29) is 0 Å². The average molecular weight is 220 g/mol. The van der Waals surface area contributed by atoms with Gasteiger partial charge in [-0.25, -0.2) is 9.97 Å². The summed E-state index contributed by atoms with van der Waals surface area (Å²) >= 11 is 0. The normalized spacial score (nSPS) is 18.5. The highest BCUT2D eigenvalue weighted by atomic mass is 15.2. The van der Waals surface area contributed by atoms with Crippen LogP contribution in [0.2, 0.25) is 0 Å². The van der Waals surface area contributed by atoms with Gasteiger partial charge in [0.15, 0.2) is 0 Å². The summed E-state index contributed by atoms with van der Waals surface area (Å²) in [6, 6.07) is 0. The van der Waals surface area contributed by atoms with Crippen LogP contribution in [0, 0.1) is 0 Å². The summed E-state index contributed by atoms with van der Waals surface area (Å²) in [7, 11) is 0. The molecule has 2 N–H and O–H groups in total. The minimum Gasteiger partial charge on any atom is -0.341 e. The maximum absolute atomic E-state index is 5.62. The van der Waals surface area contributed by atoms with E-state index in [1.807, 2.05) is 12.4 Å². The van der Waals surface area contributed by atoms with Gasteiger partial charge in [0.1, 0.15) is 0 Å². The van der Waals surface area contributed by atoms with E-state index >= 15 is 0 Å². The first-order chi connectivity index (χ1) is 7.81. The Kier molecular flexibility index (Phi) is 3.72. The van der Waals surface area contributed by atoms with Gasteiger partial charge >= 0.3 is 0 Å². The molecule has 0 spiro atoms. The summed E-state index contributed by atoms with van der Waals surface area (Å²) in [6.07, 6.45) is 7.66. The molecule has 0 bridgehead atoms. The van der Waals surface area contributed by atoms with Crippen molar-refractivity contribution in [3.05, 3.63) is 18.0 Å². The van der Waals surface area contributed by atoms with Crippen LogP contribution in [0.3, 0.4) is 0 Å². The number of aromatic nitrogens is 2. The Balaban J connectivity index is 2.06. The van der Waals surface area contributed by atoms with Crippen LogP contribution in [-0.2, 0) is 0 Å². The number of nitrogens with two attached hydrogens (primary N) is 1. The molecule has 0 radical (unpaired) electrons. The third kappa shape index (κ3) is 2.50. The highest BCUT2D eigenvalue weighted by Crippen LogP contribution is 2.17. The van der Waals surface area contributed by atoms with Gasteiger partial charge in [-0.15, -0.1) is 0 Å². The van der Waals surface area contributed by atoms with E-state index in [2.05, 4.69) is 21.8 Å². The maximum Gasteiger partial charge on any atom is 0.225 e. The standard InChI is InChI=1S/C12H20N4/c1-10(7-13)11-8-14-12(15-9-11)16-5-3-2-4-6-16/h8-10H,2-7,13H2,1H3. The van der Waals surface area contributed by atoms with Crippen molar-refractivity contribution in [3.8, 4) is 0 Å². The molecule has 4 heteroatoms. The van der Waals surface area contributed by atoms with E-state index in [9.17, 15) is 0 Å². The van der Waals surface area contributed by atoms with Crippen molar-refractivity contribution in [2.24, 2.45) is 5.73 Å². The number of hydrogen-bond acceptors (Lipinski definition) is 4. The van der Waals surface area contributed by atoms with Crippen molar-refractivity contribution in [3.63, 3.8) is 0 Å². The van der Waals surface area contributed by atoms with Crippen molar-refractivity contribution < 1.29 is 0 Å². The molecule has 1 saturated heterocycles. The Hall–Kier alpha value is -1.16. The second kappa shape index (κ2) is 5.25. The van der Waals surface area contributed by atoms with Gasteiger partial charge in [-0.3, -0.25) is 0 Å². The average Bonchev–Trinajstić information content (AvgIpc) is 2.39. The van der Waals surface area contributed by atoms with Crippen LogP contribution in [0.25, 0.3) is 0 Å². The quantitative estimate of drug-likeness (QED) is 0.839. The van der Waals surface area contributed by atoms with E-state index in [0.717, 1.165) is 24.6 Å². The van der Waals surface area contributed by atoms with Crippen LogP contribution < -0.4 is 10.6 Å². The van der Waals surface area contributed by atoms with Gasteiger partial charge in [-0.2, -0.15) is 0 Å². The Morgan fingerprint density at radius 3 is 2.44 bits per heavy atom. The number of rotatable bonds is 3. The van der Waals surface area contributed by atoms with Crippen molar-refractivity contribution in [1.82, 2.24) is 9.97 Å². The number of piperidine rings is 1. The largest absolute Gasteiger partial charge is 0.341 e. The molecule has 0 saturated carbocycles. The number of nitrogens with zero attached hydrogens (tertiary/aromatic N) is 3. The van der Waals surface area contributed by atoms with Gasteiger partial charge in [-0.1, -0.05) is 6.92 Å². The van der Waals surface area contributed by atoms with Gasteiger partial charge in [0.2, 0.25) is 5.95 Å². The lowest BCUT2D eigenvalue weighted by Crippen LogP contribution is -2.31. The predicted molar refractivity (Wildman–Crippen MR) is 65.6 cm³/mol. The first kappa shape index (κ1) is 11.3. The SMILES string of the molecule is CC(CN)c1cnc(N2CCCCC2)nc1. The van der Waals surface area contributed by atoms with Crippen LogP contribution in [0.5, 0.6) is 0 Å². The van der Waals surface area contributed by atoms with E-state index in [1.54, 1.807) is 0 Å². The topological polar surface area (TPSA) is 55.0 Å². The van der Waals surface area contributed by atoms with E-state index in [0.29, 0.717) is 12.5 Å². The Bertz CT molecular complexity index is 316. The third-order valence-corrected chi connectivity index (χ3v) is 3.22. The highest BCUT2D eigenvalue weighted by molar-refractivity contribution is 5.30. The molecule has 1 unspecified atom stereocenters. The molecule has 2 heterocycles. The highest BCUT2D eigenvalue weighted by Gasteiger charge is 2.13. The Labute approximate surface area is 96.9 Å². The lowest BCUT2D eigenvalue weighted by molar-refractivity contribution is 0.567. The maximum atomic E-state index is 5.62. The molecular formula is C12H20N4. The van der Waals surface area contributed by atoms with Crippen LogP contribution in [0.4, 0.5) is 5.95 Å². The fourth-order valence-electron chi connectivity index (χ4n) is 1.98. The zero-order valence-corrected chi connectivity index (χ0v) is 9.89. The smallest absolute Gasteiger partial charge is 0.225 e. The van der Waals surface area contributed by atoms with E-state index in [4.69, 9.17) is 5.73 Å². The zero-order valence-electron chi connectivity index (χ0n) is 9.89.